The van der Waals surface area contributed by atoms with Crippen LogP contribution in [-0.4, -0.2) is 148 Å². The van der Waals surface area contributed by atoms with Crippen molar-refractivity contribution >= 4 is 59.1 Å². The van der Waals surface area contributed by atoms with Crippen molar-refractivity contribution in [3.05, 3.63) is 18.2 Å². The summed E-state index contributed by atoms with van der Waals surface area (Å²) >= 11 is 0. The van der Waals surface area contributed by atoms with E-state index >= 15 is 0 Å². The molecule has 1 saturated heterocycles. The van der Waals surface area contributed by atoms with Crippen molar-refractivity contribution in [2.24, 2.45) is 29.0 Å². The number of hydrogen-bond acceptors (Lipinski definition) is 13. The summed E-state index contributed by atoms with van der Waals surface area (Å²) < 4.78 is 0. The highest BCUT2D eigenvalue weighted by molar-refractivity contribution is 5.97. The number of unbranched alkanes of at least 4 members (excludes halogenated alkanes) is 1. The Hall–Kier alpha value is -6.17. The number of nitrogens with one attached hydrogen (secondary N) is 8. The topological polar surface area (TPSA) is 385 Å². The number of carboxylic acid groups (broad SMARTS) is 1. The quantitative estimate of drug-likeness (QED) is 0.0355. The third-order valence-electron chi connectivity index (χ3n) is 9.80. The molecule has 9 amide bonds. The lowest BCUT2D eigenvalue weighted by atomic mass is 10.0. The predicted octanol–water partition coefficient (Wildman–Crippen LogP) is -4.26. The molecule has 6 atom stereocenters. The molecule has 15 N–H and O–H groups in total. The fourth-order valence-corrected chi connectivity index (χ4v) is 6.75. The van der Waals surface area contributed by atoms with E-state index in [0.29, 0.717) is 44.3 Å². The molecule has 24 heteroatoms. The number of aliphatic carboxylic acids is 1. The summed E-state index contributed by atoms with van der Waals surface area (Å²) in [5, 5.41) is 26.9. The van der Waals surface area contributed by atoms with Crippen LogP contribution in [-0.2, 0) is 54.4 Å². The molecular formula is C39H65N13O11. The molecule has 1 fully saturated rings. The Labute approximate surface area is 365 Å². The third kappa shape index (κ3) is 19.2. The fraction of sp³-hybridized carbons (Fsp3) is 0.667. The van der Waals surface area contributed by atoms with E-state index in [-0.39, 0.29) is 44.2 Å². The Morgan fingerprint density at radius 1 is 0.762 bits per heavy atom. The van der Waals surface area contributed by atoms with Gasteiger partial charge in [-0.2, -0.15) is 0 Å². The van der Waals surface area contributed by atoms with Crippen molar-refractivity contribution in [2.75, 3.05) is 32.7 Å². The molecular weight excluding hydrogens is 827 g/mol. The molecule has 1 aromatic rings. The normalized spacial score (nSPS) is 15.9. The number of carboxylic acids is 1. The molecule has 0 aromatic carbocycles. The second-order valence-electron chi connectivity index (χ2n) is 16.1. The highest BCUT2D eigenvalue weighted by Crippen LogP contribution is 2.20. The van der Waals surface area contributed by atoms with Crippen molar-refractivity contribution in [3.8, 4) is 0 Å². The second kappa shape index (κ2) is 27.0. The lowest BCUT2D eigenvalue weighted by Gasteiger charge is -2.29. The maximum Gasteiger partial charge on any atom is 0.326 e. The molecule has 0 bridgehead atoms. The summed E-state index contributed by atoms with van der Waals surface area (Å²) in [7, 11) is 0. The van der Waals surface area contributed by atoms with Crippen LogP contribution in [0.4, 0.5) is 0 Å². The van der Waals surface area contributed by atoms with Crippen LogP contribution in [0.1, 0.15) is 84.8 Å². The zero-order valence-electron chi connectivity index (χ0n) is 36.3. The fourth-order valence-electron chi connectivity index (χ4n) is 6.75. The van der Waals surface area contributed by atoms with Crippen molar-refractivity contribution in [3.63, 3.8) is 0 Å². The number of rotatable bonds is 28. The van der Waals surface area contributed by atoms with Crippen LogP contribution in [0.3, 0.4) is 0 Å². The minimum atomic E-state index is -1.68. The molecule has 1 aliphatic rings. The van der Waals surface area contributed by atoms with E-state index in [4.69, 9.17) is 17.2 Å². The average molecular weight is 892 g/mol. The van der Waals surface area contributed by atoms with Gasteiger partial charge >= 0.3 is 5.97 Å². The number of aromatic amines is 1. The molecule has 0 spiro atoms. The number of H-pyrrole nitrogens is 1. The maximum absolute atomic E-state index is 13.7. The Bertz CT molecular complexity index is 1740. The summed E-state index contributed by atoms with van der Waals surface area (Å²) in [5.74, 6) is -8.14. The largest absolute Gasteiger partial charge is 0.480 e. The summed E-state index contributed by atoms with van der Waals surface area (Å²) in [5.41, 5.74) is 16.6. The van der Waals surface area contributed by atoms with Crippen LogP contribution < -0.4 is 54.4 Å². The van der Waals surface area contributed by atoms with Crippen LogP contribution in [0, 0.1) is 11.8 Å². The zero-order chi connectivity index (χ0) is 47.2. The van der Waals surface area contributed by atoms with E-state index in [9.17, 15) is 53.1 Å². The molecule has 0 saturated carbocycles. The molecule has 0 aliphatic carbocycles. The third-order valence-corrected chi connectivity index (χ3v) is 9.80. The summed E-state index contributed by atoms with van der Waals surface area (Å²) in [6.07, 6.45) is 4.13. The van der Waals surface area contributed by atoms with E-state index in [1.165, 1.54) is 17.4 Å². The number of nitrogens with two attached hydrogens (primary N) is 3. The highest BCUT2D eigenvalue weighted by Gasteiger charge is 2.38. The van der Waals surface area contributed by atoms with Gasteiger partial charge in [0.1, 0.15) is 36.3 Å². The first-order valence-electron chi connectivity index (χ1n) is 21.0. The number of hydrogen-bond donors (Lipinski definition) is 12. The second-order valence-corrected chi connectivity index (χ2v) is 16.1. The van der Waals surface area contributed by atoms with Gasteiger partial charge in [-0.1, -0.05) is 27.7 Å². The highest BCUT2D eigenvalue weighted by atomic mass is 16.4. The Kier molecular flexibility index (Phi) is 22.7. The number of likely N-dealkylation sites (tertiary alicyclic amines) is 1. The van der Waals surface area contributed by atoms with Gasteiger partial charge < -0.3 is 69.4 Å². The van der Waals surface area contributed by atoms with E-state index in [1.807, 2.05) is 27.7 Å². The minimum absolute atomic E-state index is 0.0490. The lowest BCUT2D eigenvalue weighted by Crippen LogP contribution is -2.57. The van der Waals surface area contributed by atoms with Gasteiger partial charge in [-0.3, -0.25) is 43.2 Å². The van der Waals surface area contributed by atoms with Crippen LogP contribution in [0.2, 0.25) is 0 Å². The number of primary amides is 1. The van der Waals surface area contributed by atoms with Gasteiger partial charge in [-0.25, -0.2) is 9.78 Å². The summed E-state index contributed by atoms with van der Waals surface area (Å²) in [4.78, 5) is 136. The number of aromatic nitrogens is 2. The first kappa shape index (κ1) is 53.0. The zero-order valence-corrected chi connectivity index (χ0v) is 36.3. The van der Waals surface area contributed by atoms with Gasteiger partial charge in [-0.05, 0) is 63.3 Å². The summed E-state index contributed by atoms with van der Waals surface area (Å²) in [6, 6.07) is -7.18. The van der Waals surface area contributed by atoms with Crippen molar-refractivity contribution in [1.82, 2.24) is 52.1 Å². The monoisotopic (exact) mass is 891 g/mol. The van der Waals surface area contributed by atoms with Gasteiger partial charge in [0.2, 0.25) is 53.2 Å². The molecule has 1 aromatic heterocycles. The number of carbonyl (C=O) groups excluding carboxylic acids is 9. The van der Waals surface area contributed by atoms with Crippen LogP contribution in [0.5, 0.6) is 0 Å². The van der Waals surface area contributed by atoms with Gasteiger partial charge in [-0.15, -0.1) is 0 Å². The molecule has 352 valence electrons. The Morgan fingerprint density at radius 3 is 1.92 bits per heavy atom. The van der Waals surface area contributed by atoms with Gasteiger partial charge in [0, 0.05) is 24.9 Å². The number of imidazole rings is 1. The Balaban J connectivity index is 2.10. The molecule has 6 unspecified atom stereocenters. The molecule has 0 radical (unpaired) electrons. The van der Waals surface area contributed by atoms with E-state index in [2.05, 4.69) is 47.2 Å². The smallest absolute Gasteiger partial charge is 0.326 e. The van der Waals surface area contributed by atoms with Crippen LogP contribution in [0.25, 0.3) is 0 Å². The molecule has 2 heterocycles. The number of carbonyl (C=O) groups is 10. The summed E-state index contributed by atoms with van der Waals surface area (Å²) in [6.45, 7) is 6.45. The SMILES string of the molecule is CC(C)CC(NC(=O)CNC(=O)C1CCCN1C(=O)C(CC(C)C)NC(=O)CN)C(=O)NC(CCCCN)C(=O)NCC(=O)NC(Cc1cnc[nH]1)C(=O)NC(CC(N)=O)C(=O)O. The van der Waals surface area contributed by atoms with Gasteiger partial charge in [0.15, 0.2) is 0 Å². The standard InChI is InChI=1S/C39H65N13O11/c1-21(2)12-25(47-33(56)19-45-37(60)29-9-7-11-52(29)38(61)27(13-22(3)4)49-31(54)16-41)35(58)50-24(8-5-6-10-40)34(57)44-18-32(55)48-26(14-23-17-43-20-46-23)36(59)51-28(39(62)63)15-30(42)53/h17,20-22,24-29H,5-16,18-19,40-41H2,1-4H3,(H2,42,53)(H,43,46)(H,44,57)(H,45,60)(H,47,56)(H,48,55)(H,49,54)(H,50,58)(H,51,59)(H,62,63). The first-order valence-corrected chi connectivity index (χ1v) is 21.0. The molecule has 1 aliphatic heterocycles. The molecule has 63 heavy (non-hydrogen) atoms. The van der Waals surface area contributed by atoms with Crippen molar-refractivity contribution in [2.45, 2.75) is 122 Å². The van der Waals surface area contributed by atoms with E-state index < -0.39 is 115 Å². The predicted molar refractivity (Wildman–Crippen MR) is 225 cm³/mol. The van der Waals surface area contributed by atoms with Crippen molar-refractivity contribution < 1.29 is 53.1 Å². The average Bonchev–Trinajstić information content (AvgIpc) is 3.93. The Morgan fingerprint density at radius 2 is 1.35 bits per heavy atom. The van der Waals surface area contributed by atoms with Crippen LogP contribution in [0.15, 0.2) is 12.5 Å². The van der Waals surface area contributed by atoms with Crippen LogP contribution >= 0.6 is 0 Å². The first-order chi connectivity index (χ1) is 29.7. The molecule has 24 nitrogen and oxygen atoms in total. The van der Waals surface area contributed by atoms with Gasteiger partial charge in [0.25, 0.3) is 0 Å². The number of nitrogens with zero attached hydrogens (tertiary/aromatic N) is 2. The molecule has 2 rings (SSSR count). The number of amides is 9. The van der Waals surface area contributed by atoms with Gasteiger partial charge in [0.05, 0.1) is 32.4 Å². The lowest BCUT2D eigenvalue weighted by molar-refractivity contribution is -0.143. The van der Waals surface area contributed by atoms with Crippen molar-refractivity contribution in [1.29, 1.82) is 0 Å². The van der Waals surface area contributed by atoms with E-state index in [1.54, 1.807) is 0 Å². The minimum Gasteiger partial charge on any atom is -0.480 e. The van der Waals surface area contributed by atoms with E-state index in [0.717, 1.165) is 0 Å². The maximum atomic E-state index is 13.7.